The first-order chi connectivity index (χ1) is 7.17. The highest BCUT2D eigenvalue weighted by molar-refractivity contribution is 5.90. The van der Waals surface area contributed by atoms with Gasteiger partial charge >= 0.3 is 0 Å². The standard InChI is InChI=1S/C10H16N4O/c1-4-6-7(3)11-10(15)9-12-8(5-2)13-14-9/h4,7H,1,5-6H2,2-3H3,(H,11,15)(H,12,13,14). The summed E-state index contributed by atoms with van der Waals surface area (Å²) >= 11 is 0. The second-order valence-electron chi connectivity index (χ2n) is 3.36. The summed E-state index contributed by atoms with van der Waals surface area (Å²) in [4.78, 5) is 15.6. The predicted molar refractivity (Wildman–Crippen MR) is 57.5 cm³/mol. The minimum Gasteiger partial charge on any atom is -0.346 e. The molecule has 0 bridgehead atoms. The van der Waals surface area contributed by atoms with Gasteiger partial charge in [0.1, 0.15) is 5.82 Å². The number of carbonyl (C=O) groups excluding carboxylic acids is 1. The molecule has 0 saturated heterocycles. The molecular weight excluding hydrogens is 192 g/mol. The maximum Gasteiger partial charge on any atom is 0.291 e. The van der Waals surface area contributed by atoms with Gasteiger partial charge in [-0.1, -0.05) is 13.0 Å². The van der Waals surface area contributed by atoms with E-state index in [-0.39, 0.29) is 17.8 Å². The Labute approximate surface area is 89.0 Å². The van der Waals surface area contributed by atoms with Crippen LogP contribution in [0.5, 0.6) is 0 Å². The highest BCUT2D eigenvalue weighted by Crippen LogP contribution is 1.96. The van der Waals surface area contributed by atoms with Crippen LogP contribution in [0.3, 0.4) is 0 Å². The lowest BCUT2D eigenvalue weighted by atomic mass is 10.2. The number of aromatic nitrogens is 3. The number of H-pyrrole nitrogens is 1. The van der Waals surface area contributed by atoms with Crippen LogP contribution in [0.1, 0.15) is 36.7 Å². The summed E-state index contributed by atoms with van der Waals surface area (Å²) in [6.07, 6.45) is 3.24. The molecule has 0 aliphatic rings. The molecule has 5 heteroatoms. The zero-order valence-electron chi connectivity index (χ0n) is 9.08. The van der Waals surface area contributed by atoms with Crippen molar-refractivity contribution in [3.05, 3.63) is 24.3 Å². The zero-order chi connectivity index (χ0) is 11.3. The number of aryl methyl sites for hydroxylation is 1. The molecule has 1 aromatic heterocycles. The lowest BCUT2D eigenvalue weighted by Gasteiger charge is -2.08. The third-order valence-electron chi connectivity index (χ3n) is 1.97. The number of nitrogens with zero attached hydrogens (tertiary/aromatic N) is 2. The molecule has 1 rings (SSSR count). The van der Waals surface area contributed by atoms with Crippen molar-refractivity contribution in [3.63, 3.8) is 0 Å². The van der Waals surface area contributed by atoms with Crippen LogP contribution >= 0.6 is 0 Å². The molecule has 0 saturated carbocycles. The van der Waals surface area contributed by atoms with E-state index in [0.29, 0.717) is 0 Å². The van der Waals surface area contributed by atoms with Crippen molar-refractivity contribution in [2.75, 3.05) is 0 Å². The van der Waals surface area contributed by atoms with E-state index in [4.69, 9.17) is 0 Å². The van der Waals surface area contributed by atoms with E-state index in [2.05, 4.69) is 27.1 Å². The van der Waals surface area contributed by atoms with E-state index in [1.54, 1.807) is 6.08 Å². The molecule has 1 amide bonds. The van der Waals surface area contributed by atoms with Crippen LogP contribution in [0.4, 0.5) is 0 Å². The fourth-order valence-electron chi connectivity index (χ4n) is 1.15. The Bertz CT molecular complexity index is 345. The summed E-state index contributed by atoms with van der Waals surface area (Å²) in [6, 6.07) is 0.0542. The van der Waals surface area contributed by atoms with Gasteiger partial charge in [-0.2, -0.15) is 0 Å². The van der Waals surface area contributed by atoms with Gasteiger partial charge in [-0.05, 0) is 13.3 Å². The van der Waals surface area contributed by atoms with E-state index in [0.717, 1.165) is 18.7 Å². The summed E-state index contributed by atoms with van der Waals surface area (Å²) in [7, 11) is 0. The minimum absolute atomic E-state index is 0.0542. The number of aromatic amines is 1. The van der Waals surface area contributed by atoms with E-state index in [1.165, 1.54) is 0 Å². The molecule has 0 aliphatic carbocycles. The summed E-state index contributed by atoms with van der Waals surface area (Å²) in [5.74, 6) is 0.666. The molecule has 0 fully saturated rings. The molecule has 2 N–H and O–H groups in total. The monoisotopic (exact) mass is 208 g/mol. The first kappa shape index (κ1) is 11.4. The van der Waals surface area contributed by atoms with Crippen molar-refractivity contribution < 1.29 is 4.79 Å². The first-order valence-corrected chi connectivity index (χ1v) is 5.00. The molecule has 15 heavy (non-hydrogen) atoms. The summed E-state index contributed by atoms with van der Waals surface area (Å²) in [5.41, 5.74) is 0. The normalized spacial score (nSPS) is 12.1. The number of amides is 1. The SMILES string of the molecule is C=CCC(C)NC(=O)c1n[nH]c(CC)n1. The first-order valence-electron chi connectivity index (χ1n) is 5.00. The van der Waals surface area contributed by atoms with Crippen LogP contribution < -0.4 is 5.32 Å². The van der Waals surface area contributed by atoms with Crippen LogP contribution in [0.25, 0.3) is 0 Å². The number of hydrogen-bond donors (Lipinski definition) is 2. The number of carbonyl (C=O) groups is 1. The molecule has 0 radical (unpaired) electrons. The van der Waals surface area contributed by atoms with Gasteiger partial charge in [0.2, 0.25) is 5.82 Å². The predicted octanol–water partition coefficient (Wildman–Crippen LogP) is 1.06. The van der Waals surface area contributed by atoms with Gasteiger partial charge in [0, 0.05) is 12.5 Å². The molecule has 0 aliphatic heterocycles. The molecule has 82 valence electrons. The van der Waals surface area contributed by atoms with Crippen molar-refractivity contribution in [2.45, 2.75) is 32.7 Å². The van der Waals surface area contributed by atoms with Crippen LogP contribution in [0, 0.1) is 0 Å². The molecule has 1 atom stereocenters. The van der Waals surface area contributed by atoms with E-state index < -0.39 is 0 Å². The molecule has 5 nitrogen and oxygen atoms in total. The smallest absolute Gasteiger partial charge is 0.291 e. The molecule has 1 aromatic rings. The van der Waals surface area contributed by atoms with Crippen molar-refractivity contribution >= 4 is 5.91 Å². The average molecular weight is 208 g/mol. The highest BCUT2D eigenvalue weighted by atomic mass is 16.2. The van der Waals surface area contributed by atoms with E-state index in [1.807, 2.05) is 13.8 Å². The van der Waals surface area contributed by atoms with Gasteiger partial charge in [0.05, 0.1) is 0 Å². The Morgan fingerprint density at radius 1 is 1.73 bits per heavy atom. The second-order valence-corrected chi connectivity index (χ2v) is 3.36. The quantitative estimate of drug-likeness (QED) is 0.711. The summed E-state index contributed by atoms with van der Waals surface area (Å²) < 4.78 is 0. The largest absolute Gasteiger partial charge is 0.346 e. The molecule has 1 heterocycles. The third kappa shape index (κ3) is 3.19. The third-order valence-corrected chi connectivity index (χ3v) is 1.97. The van der Waals surface area contributed by atoms with Crippen LogP contribution in [0.15, 0.2) is 12.7 Å². The zero-order valence-corrected chi connectivity index (χ0v) is 9.08. The van der Waals surface area contributed by atoms with Gasteiger partial charge in [-0.15, -0.1) is 11.7 Å². The lowest BCUT2D eigenvalue weighted by molar-refractivity contribution is 0.0930. The highest BCUT2D eigenvalue weighted by Gasteiger charge is 2.13. The Morgan fingerprint density at radius 3 is 3.00 bits per heavy atom. The molecule has 0 aromatic carbocycles. The maximum absolute atomic E-state index is 11.6. The summed E-state index contributed by atoms with van der Waals surface area (Å²) in [6.45, 7) is 7.47. The van der Waals surface area contributed by atoms with Crippen molar-refractivity contribution in [3.8, 4) is 0 Å². The molecule has 1 unspecified atom stereocenters. The summed E-state index contributed by atoms with van der Waals surface area (Å²) in [5, 5.41) is 9.30. The Balaban J connectivity index is 2.56. The fraction of sp³-hybridized carbons (Fsp3) is 0.500. The number of hydrogen-bond acceptors (Lipinski definition) is 3. The number of rotatable bonds is 5. The maximum atomic E-state index is 11.6. The van der Waals surface area contributed by atoms with Crippen molar-refractivity contribution in [1.29, 1.82) is 0 Å². The van der Waals surface area contributed by atoms with Gasteiger partial charge in [0.25, 0.3) is 5.91 Å². The van der Waals surface area contributed by atoms with Crippen molar-refractivity contribution in [2.24, 2.45) is 0 Å². The average Bonchev–Trinajstić information content (AvgIpc) is 2.66. The Kier molecular flexibility index (Phi) is 4.03. The van der Waals surface area contributed by atoms with Gasteiger partial charge in [0.15, 0.2) is 0 Å². The van der Waals surface area contributed by atoms with Gasteiger partial charge < -0.3 is 5.32 Å². The number of nitrogens with one attached hydrogen (secondary N) is 2. The second kappa shape index (κ2) is 5.29. The topological polar surface area (TPSA) is 70.7 Å². The minimum atomic E-state index is -0.250. The lowest BCUT2D eigenvalue weighted by Crippen LogP contribution is -2.32. The molecule has 0 spiro atoms. The van der Waals surface area contributed by atoms with Gasteiger partial charge in [-0.25, -0.2) is 4.98 Å². The van der Waals surface area contributed by atoms with Gasteiger partial charge in [-0.3, -0.25) is 9.89 Å². The van der Waals surface area contributed by atoms with Crippen LogP contribution in [-0.2, 0) is 6.42 Å². The van der Waals surface area contributed by atoms with E-state index >= 15 is 0 Å². The van der Waals surface area contributed by atoms with Crippen LogP contribution in [-0.4, -0.2) is 27.1 Å². The Hall–Kier alpha value is -1.65. The van der Waals surface area contributed by atoms with Crippen LogP contribution in [0.2, 0.25) is 0 Å². The molecular formula is C10H16N4O. The van der Waals surface area contributed by atoms with Crippen molar-refractivity contribution in [1.82, 2.24) is 20.5 Å². The Morgan fingerprint density at radius 2 is 2.47 bits per heavy atom. The van der Waals surface area contributed by atoms with E-state index in [9.17, 15) is 4.79 Å². The fourth-order valence-corrected chi connectivity index (χ4v) is 1.15.